The van der Waals surface area contributed by atoms with Crippen LogP contribution in [0.2, 0.25) is 0 Å². The molecule has 5 nitrogen and oxygen atoms in total. The number of hydrogen-bond donors (Lipinski definition) is 1. The Labute approximate surface area is 162 Å². The predicted molar refractivity (Wildman–Crippen MR) is 100 cm³/mol. The highest BCUT2D eigenvalue weighted by atomic mass is 19.4. The normalized spacial score (nSPS) is 12.6. The van der Waals surface area contributed by atoms with Crippen LogP contribution in [-0.4, -0.2) is 37.4 Å². The third-order valence-electron chi connectivity index (χ3n) is 4.25. The third-order valence-corrected chi connectivity index (χ3v) is 4.25. The Morgan fingerprint density at radius 1 is 1.18 bits per heavy atom. The van der Waals surface area contributed by atoms with Gasteiger partial charge in [0, 0.05) is 17.8 Å². The quantitative estimate of drug-likeness (QED) is 0.756. The predicted octanol–water partition coefficient (Wildman–Crippen LogP) is 4.36. The summed E-state index contributed by atoms with van der Waals surface area (Å²) in [5.74, 6) is 0.117. The molecule has 1 N–H and O–H groups in total. The molecule has 0 aliphatic rings. The van der Waals surface area contributed by atoms with Crippen LogP contribution in [0.25, 0.3) is 0 Å². The highest BCUT2D eigenvalue weighted by Gasteiger charge is 2.31. The number of rotatable bonds is 7. The fourth-order valence-electron chi connectivity index (χ4n) is 2.62. The number of halogens is 3. The standard InChI is InChI=1S/C20H23F3N2O3/c1-13-5-10-18(27-4)15(11-13)12-25(3)14(2)19(26)24-16-6-8-17(9-7-16)28-20(21,22)23/h5-11,14H,12H2,1-4H3,(H,24,26)/t14-/m1/s1. The molecule has 0 aliphatic heterocycles. The first kappa shape index (κ1) is 21.6. The number of carbonyl (C=O) groups is 1. The Kier molecular flexibility index (Phi) is 6.90. The van der Waals surface area contributed by atoms with Gasteiger partial charge in [-0.3, -0.25) is 9.69 Å². The molecule has 2 rings (SSSR count). The van der Waals surface area contributed by atoms with Crippen molar-refractivity contribution < 1.29 is 27.4 Å². The topological polar surface area (TPSA) is 50.8 Å². The van der Waals surface area contributed by atoms with Crippen LogP contribution in [0, 0.1) is 6.92 Å². The SMILES string of the molecule is COc1ccc(C)cc1CN(C)[C@H](C)C(=O)Nc1ccc(OC(F)(F)F)cc1. The van der Waals surface area contributed by atoms with E-state index in [1.807, 2.05) is 37.1 Å². The lowest BCUT2D eigenvalue weighted by Gasteiger charge is -2.25. The minimum absolute atomic E-state index is 0.279. The fourth-order valence-corrected chi connectivity index (χ4v) is 2.62. The van der Waals surface area contributed by atoms with Gasteiger partial charge in [-0.1, -0.05) is 17.7 Å². The average Bonchev–Trinajstić information content (AvgIpc) is 2.61. The van der Waals surface area contributed by atoms with E-state index in [0.29, 0.717) is 12.2 Å². The van der Waals surface area contributed by atoms with Gasteiger partial charge in [0.2, 0.25) is 5.91 Å². The van der Waals surface area contributed by atoms with Gasteiger partial charge in [0.1, 0.15) is 11.5 Å². The molecule has 0 fully saturated rings. The van der Waals surface area contributed by atoms with E-state index in [2.05, 4.69) is 10.1 Å². The summed E-state index contributed by atoms with van der Waals surface area (Å²) in [4.78, 5) is 14.3. The molecule has 2 aromatic carbocycles. The number of methoxy groups -OCH3 is 1. The summed E-state index contributed by atoms with van der Waals surface area (Å²) in [7, 11) is 3.41. The zero-order valence-electron chi connectivity index (χ0n) is 16.1. The molecule has 0 radical (unpaired) electrons. The lowest BCUT2D eigenvalue weighted by atomic mass is 10.1. The smallest absolute Gasteiger partial charge is 0.496 e. The van der Waals surface area contributed by atoms with Crippen LogP contribution in [0.15, 0.2) is 42.5 Å². The molecule has 28 heavy (non-hydrogen) atoms. The van der Waals surface area contributed by atoms with Gasteiger partial charge < -0.3 is 14.8 Å². The molecule has 152 valence electrons. The van der Waals surface area contributed by atoms with Gasteiger partial charge in [-0.2, -0.15) is 0 Å². The summed E-state index contributed by atoms with van der Waals surface area (Å²) in [6.45, 7) is 4.22. The van der Waals surface area contributed by atoms with Crippen molar-refractivity contribution in [1.29, 1.82) is 0 Å². The van der Waals surface area contributed by atoms with Crippen LogP contribution in [0.1, 0.15) is 18.1 Å². The molecule has 2 aromatic rings. The molecule has 0 saturated carbocycles. The van der Waals surface area contributed by atoms with Gasteiger partial charge in [0.15, 0.2) is 0 Å². The molecule has 0 bridgehead atoms. The van der Waals surface area contributed by atoms with Crippen molar-refractivity contribution in [2.45, 2.75) is 32.8 Å². The Balaban J connectivity index is 1.99. The maximum Gasteiger partial charge on any atom is 0.573 e. The minimum atomic E-state index is -4.75. The molecule has 0 aromatic heterocycles. The van der Waals surface area contributed by atoms with Gasteiger partial charge >= 0.3 is 6.36 Å². The van der Waals surface area contributed by atoms with Crippen LogP contribution in [0.5, 0.6) is 11.5 Å². The summed E-state index contributed by atoms with van der Waals surface area (Å²) in [5.41, 5.74) is 2.42. The van der Waals surface area contributed by atoms with Crippen LogP contribution in [-0.2, 0) is 11.3 Å². The van der Waals surface area contributed by atoms with Gasteiger partial charge in [-0.15, -0.1) is 13.2 Å². The molecule has 0 unspecified atom stereocenters. The molecule has 8 heteroatoms. The summed E-state index contributed by atoms with van der Waals surface area (Å²) in [6.07, 6.45) is -4.75. The number of aryl methyl sites for hydroxylation is 1. The van der Waals surface area contributed by atoms with Crippen molar-refractivity contribution in [2.24, 2.45) is 0 Å². The number of nitrogens with one attached hydrogen (secondary N) is 1. The second-order valence-corrected chi connectivity index (χ2v) is 6.47. The van der Waals surface area contributed by atoms with Crippen molar-refractivity contribution in [3.05, 3.63) is 53.6 Å². The van der Waals surface area contributed by atoms with E-state index < -0.39 is 12.4 Å². The van der Waals surface area contributed by atoms with E-state index >= 15 is 0 Å². The summed E-state index contributed by atoms with van der Waals surface area (Å²) in [6, 6.07) is 10.4. The molecular formula is C20H23F3N2O3. The van der Waals surface area contributed by atoms with Gasteiger partial charge in [-0.05, 0) is 51.2 Å². The first-order valence-electron chi connectivity index (χ1n) is 8.59. The van der Waals surface area contributed by atoms with Crippen molar-refractivity contribution in [1.82, 2.24) is 4.90 Å². The van der Waals surface area contributed by atoms with Crippen molar-refractivity contribution in [2.75, 3.05) is 19.5 Å². The van der Waals surface area contributed by atoms with Crippen LogP contribution in [0.3, 0.4) is 0 Å². The largest absolute Gasteiger partial charge is 0.573 e. The highest BCUT2D eigenvalue weighted by molar-refractivity contribution is 5.94. The Hall–Kier alpha value is -2.74. The third kappa shape index (κ3) is 6.16. The van der Waals surface area contributed by atoms with E-state index in [-0.39, 0.29) is 11.7 Å². The first-order valence-corrected chi connectivity index (χ1v) is 8.59. The maximum atomic E-state index is 12.5. The molecule has 0 aliphatic carbocycles. The Morgan fingerprint density at radius 2 is 1.82 bits per heavy atom. The number of ether oxygens (including phenoxy) is 2. The van der Waals surface area contributed by atoms with Gasteiger partial charge in [0.25, 0.3) is 0 Å². The number of hydrogen-bond acceptors (Lipinski definition) is 4. The highest BCUT2D eigenvalue weighted by Crippen LogP contribution is 2.25. The number of alkyl halides is 3. The number of benzene rings is 2. The molecule has 1 atom stereocenters. The zero-order valence-corrected chi connectivity index (χ0v) is 16.1. The van der Waals surface area contributed by atoms with E-state index in [1.54, 1.807) is 14.0 Å². The number of carbonyl (C=O) groups excluding carboxylic acids is 1. The summed E-state index contributed by atoms with van der Waals surface area (Å²) >= 11 is 0. The average molecular weight is 396 g/mol. The lowest BCUT2D eigenvalue weighted by Crippen LogP contribution is -2.39. The van der Waals surface area contributed by atoms with Gasteiger partial charge in [0.05, 0.1) is 13.2 Å². The fraction of sp³-hybridized carbons (Fsp3) is 0.350. The second-order valence-electron chi connectivity index (χ2n) is 6.47. The Bertz CT molecular complexity index is 807. The Morgan fingerprint density at radius 3 is 2.39 bits per heavy atom. The lowest BCUT2D eigenvalue weighted by molar-refractivity contribution is -0.274. The van der Waals surface area contributed by atoms with E-state index in [0.717, 1.165) is 29.0 Å². The van der Waals surface area contributed by atoms with Crippen molar-refractivity contribution >= 4 is 11.6 Å². The molecule has 0 heterocycles. The maximum absolute atomic E-state index is 12.5. The number of nitrogens with zero attached hydrogens (tertiary/aromatic N) is 1. The van der Waals surface area contributed by atoms with Crippen molar-refractivity contribution in [3.8, 4) is 11.5 Å². The molecular weight excluding hydrogens is 373 g/mol. The molecule has 1 amide bonds. The monoisotopic (exact) mass is 396 g/mol. The zero-order chi connectivity index (χ0) is 20.9. The van der Waals surface area contributed by atoms with E-state index in [4.69, 9.17) is 4.74 Å². The van der Waals surface area contributed by atoms with E-state index in [9.17, 15) is 18.0 Å². The van der Waals surface area contributed by atoms with Crippen LogP contribution < -0.4 is 14.8 Å². The van der Waals surface area contributed by atoms with Gasteiger partial charge in [-0.25, -0.2) is 0 Å². The van der Waals surface area contributed by atoms with Crippen LogP contribution in [0.4, 0.5) is 18.9 Å². The second kappa shape index (κ2) is 8.97. The summed E-state index contributed by atoms with van der Waals surface area (Å²) in [5, 5.41) is 2.69. The number of likely N-dealkylation sites (N-methyl/N-ethyl adjacent to an activating group) is 1. The van der Waals surface area contributed by atoms with Crippen LogP contribution >= 0.6 is 0 Å². The van der Waals surface area contributed by atoms with E-state index in [1.165, 1.54) is 12.1 Å². The minimum Gasteiger partial charge on any atom is -0.496 e. The molecule has 0 spiro atoms. The summed E-state index contributed by atoms with van der Waals surface area (Å²) < 4.78 is 45.8. The number of amides is 1. The first-order chi connectivity index (χ1) is 13.1. The molecule has 0 saturated heterocycles. The number of anilines is 1. The van der Waals surface area contributed by atoms with Crippen molar-refractivity contribution in [3.63, 3.8) is 0 Å².